The molecule has 0 saturated carbocycles. The maximum Gasteiger partial charge on any atom is 0.0450 e. The fraction of sp³-hybridized carbons (Fsp3) is 0.400. The van der Waals surface area contributed by atoms with Crippen LogP contribution in [-0.4, -0.2) is 11.0 Å². The summed E-state index contributed by atoms with van der Waals surface area (Å²) in [6.07, 6.45) is 1.21. The number of halogens is 2. The zero-order valence-electron chi connectivity index (χ0n) is 7.39. The lowest BCUT2D eigenvalue weighted by atomic mass is 10.2. The molecular weight excluding hydrogens is 296 g/mol. The summed E-state index contributed by atoms with van der Waals surface area (Å²) >= 11 is 8.38. The van der Waals surface area contributed by atoms with Gasteiger partial charge in [-0.05, 0) is 24.6 Å². The summed E-state index contributed by atoms with van der Waals surface area (Å²) < 4.78 is 1.20. The summed E-state index contributed by atoms with van der Waals surface area (Å²) in [7, 11) is 0. The predicted molar refractivity (Wildman–Crippen MR) is 66.7 cm³/mol. The maximum absolute atomic E-state index is 6.00. The maximum atomic E-state index is 6.00. The lowest BCUT2D eigenvalue weighted by molar-refractivity contribution is 0.682. The van der Waals surface area contributed by atoms with Crippen molar-refractivity contribution in [1.29, 1.82) is 0 Å². The van der Waals surface area contributed by atoms with E-state index in [0.717, 1.165) is 18.1 Å². The molecule has 1 aromatic carbocycles. The molecule has 0 bridgehead atoms. The second-order valence-corrected chi connectivity index (χ2v) is 4.30. The highest BCUT2D eigenvalue weighted by molar-refractivity contribution is 14.1. The van der Waals surface area contributed by atoms with Crippen LogP contribution in [0.1, 0.15) is 12.0 Å². The van der Waals surface area contributed by atoms with E-state index in [-0.39, 0.29) is 0 Å². The van der Waals surface area contributed by atoms with Gasteiger partial charge in [0.15, 0.2) is 0 Å². The van der Waals surface area contributed by atoms with E-state index in [1.165, 1.54) is 16.4 Å². The van der Waals surface area contributed by atoms with Crippen LogP contribution in [-0.2, 0) is 6.54 Å². The molecule has 1 N–H and O–H groups in total. The van der Waals surface area contributed by atoms with Crippen LogP contribution in [0.15, 0.2) is 24.3 Å². The van der Waals surface area contributed by atoms with E-state index < -0.39 is 0 Å². The fourth-order valence-corrected chi connectivity index (χ4v) is 1.64. The highest BCUT2D eigenvalue weighted by Crippen LogP contribution is 2.14. The zero-order valence-corrected chi connectivity index (χ0v) is 10.3. The highest BCUT2D eigenvalue weighted by atomic mass is 127. The van der Waals surface area contributed by atoms with Gasteiger partial charge in [-0.15, -0.1) is 0 Å². The number of nitrogens with one attached hydrogen (secondary N) is 1. The molecule has 1 rings (SSSR count). The van der Waals surface area contributed by atoms with E-state index in [0.29, 0.717) is 0 Å². The summed E-state index contributed by atoms with van der Waals surface area (Å²) in [5, 5.41) is 4.21. The summed E-state index contributed by atoms with van der Waals surface area (Å²) in [5.74, 6) is 0. The molecule has 0 fully saturated rings. The first-order chi connectivity index (χ1) is 6.34. The van der Waals surface area contributed by atoms with Crippen molar-refractivity contribution in [2.75, 3.05) is 11.0 Å². The molecular formula is C10H13ClIN. The van der Waals surface area contributed by atoms with Crippen molar-refractivity contribution < 1.29 is 0 Å². The third-order valence-electron chi connectivity index (χ3n) is 1.76. The Morgan fingerprint density at radius 1 is 1.31 bits per heavy atom. The SMILES string of the molecule is Clc1ccccc1CNCCCI. The topological polar surface area (TPSA) is 12.0 Å². The lowest BCUT2D eigenvalue weighted by Gasteiger charge is -2.04. The average molecular weight is 310 g/mol. The Hall–Kier alpha value is 0.200. The number of benzene rings is 1. The molecule has 0 aliphatic heterocycles. The molecule has 0 spiro atoms. The summed E-state index contributed by atoms with van der Waals surface area (Å²) in [6, 6.07) is 7.95. The molecule has 0 aromatic heterocycles. The van der Waals surface area contributed by atoms with Crippen LogP contribution < -0.4 is 5.32 Å². The Morgan fingerprint density at radius 3 is 2.77 bits per heavy atom. The van der Waals surface area contributed by atoms with E-state index in [9.17, 15) is 0 Å². The summed E-state index contributed by atoms with van der Waals surface area (Å²) in [6.45, 7) is 1.93. The number of alkyl halides is 1. The van der Waals surface area contributed by atoms with Gasteiger partial charge in [0, 0.05) is 16.0 Å². The monoisotopic (exact) mass is 309 g/mol. The second kappa shape index (κ2) is 6.62. The molecule has 0 saturated heterocycles. The Kier molecular flexibility index (Phi) is 5.75. The molecule has 1 aromatic rings. The highest BCUT2D eigenvalue weighted by Gasteiger charge is 1.96. The largest absolute Gasteiger partial charge is 0.313 e. The van der Waals surface area contributed by atoms with Crippen molar-refractivity contribution in [2.45, 2.75) is 13.0 Å². The average Bonchev–Trinajstić information content (AvgIpc) is 2.15. The molecule has 0 unspecified atom stereocenters. The molecule has 0 heterocycles. The first-order valence-electron chi connectivity index (χ1n) is 4.34. The molecule has 0 aliphatic rings. The first kappa shape index (κ1) is 11.3. The summed E-state index contributed by atoms with van der Waals surface area (Å²) in [4.78, 5) is 0. The molecule has 13 heavy (non-hydrogen) atoms. The van der Waals surface area contributed by atoms with Gasteiger partial charge in [0.1, 0.15) is 0 Å². The molecule has 3 heteroatoms. The molecule has 0 amide bonds. The second-order valence-electron chi connectivity index (χ2n) is 2.81. The number of hydrogen-bond donors (Lipinski definition) is 1. The van der Waals surface area contributed by atoms with Gasteiger partial charge in [0.05, 0.1) is 0 Å². The van der Waals surface area contributed by atoms with Gasteiger partial charge in [-0.2, -0.15) is 0 Å². The molecule has 72 valence electrons. The minimum absolute atomic E-state index is 0.851. The van der Waals surface area contributed by atoms with Crippen molar-refractivity contribution in [3.63, 3.8) is 0 Å². The van der Waals surface area contributed by atoms with Crippen LogP contribution in [0, 0.1) is 0 Å². The van der Waals surface area contributed by atoms with Crippen LogP contribution in [0.5, 0.6) is 0 Å². The van der Waals surface area contributed by atoms with Gasteiger partial charge in [-0.25, -0.2) is 0 Å². The number of hydrogen-bond acceptors (Lipinski definition) is 1. The van der Waals surface area contributed by atoms with Crippen LogP contribution in [0.4, 0.5) is 0 Å². The van der Waals surface area contributed by atoms with Gasteiger partial charge in [0.2, 0.25) is 0 Å². The molecule has 0 aliphatic carbocycles. The van der Waals surface area contributed by atoms with Crippen LogP contribution >= 0.6 is 34.2 Å². The van der Waals surface area contributed by atoms with Gasteiger partial charge in [0.25, 0.3) is 0 Å². The third kappa shape index (κ3) is 4.29. The van der Waals surface area contributed by atoms with E-state index in [4.69, 9.17) is 11.6 Å². The zero-order chi connectivity index (χ0) is 9.52. The molecule has 0 radical (unpaired) electrons. The molecule has 0 atom stereocenters. The van der Waals surface area contributed by atoms with Crippen LogP contribution in [0.2, 0.25) is 5.02 Å². The molecule has 1 nitrogen and oxygen atoms in total. The predicted octanol–water partition coefficient (Wildman–Crippen LogP) is 3.25. The fourth-order valence-electron chi connectivity index (χ4n) is 1.06. The minimum atomic E-state index is 0.851. The van der Waals surface area contributed by atoms with Crippen molar-refractivity contribution >= 4 is 34.2 Å². The third-order valence-corrected chi connectivity index (χ3v) is 2.89. The van der Waals surface area contributed by atoms with Crippen LogP contribution in [0.25, 0.3) is 0 Å². The lowest BCUT2D eigenvalue weighted by Crippen LogP contribution is -2.15. The normalized spacial score (nSPS) is 10.3. The Labute approximate surface area is 98.0 Å². The quantitative estimate of drug-likeness (QED) is 0.500. The Bertz CT molecular complexity index is 252. The van der Waals surface area contributed by atoms with Crippen molar-refractivity contribution in [3.8, 4) is 0 Å². The van der Waals surface area contributed by atoms with Gasteiger partial charge >= 0.3 is 0 Å². The Balaban J connectivity index is 2.32. The van der Waals surface area contributed by atoms with Crippen molar-refractivity contribution in [3.05, 3.63) is 34.9 Å². The van der Waals surface area contributed by atoms with E-state index in [1.54, 1.807) is 0 Å². The number of rotatable bonds is 5. The van der Waals surface area contributed by atoms with Crippen molar-refractivity contribution in [2.24, 2.45) is 0 Å². The minimum Gasteiger partial charge on any atom is -0.313 e. The Morgan fingerprint density at radius 2 is 2.08 bits per heavy atom. The van der Waals surface area contributed by atoms with E-state index in [2.05, 4.69) is 34.0 Å². The van der Waals surface area contributed by atoms with E-state index in [1.807, 2.05) is 18.2 Å². The summed E-state index contributed by atoms with van der Waals surface area (Å²) in [5.41, 5.74) is 1.18. The van der Waals surface area contributed by atoms with Gasteiger partial charge in [-0.3, -0.25) is 0 Å². The van der Waals surface area contributed by atoms with Gasteiger partial charge in [-0.1, -0.05) is 52.4 Å². The van der Waals surface area contributed by atoms with Gasteiger partial charge < -0.3 is 5.32 Å². The standard InChI is InChI=1S/C10H13ClIN/c11-10-5-2-1-4-9(10)8-13-7-3-6-12/h1-2,4-5,13H,3,6-8H2. The first-order valence-corrected chi connectivity index (χ1v) is 6.25. The van der Waals surface area contributed by atoms with Crippen molar-refractivity contribution in [1.82, 2.24) is 5.32 Å². The smallest absolute Gasteiger partial charge is 0.0450 e. The van der Waals surface area contributed by atoms with E-state index >= 15 is 0 Å². The van der Waals surface area contributed by atoms with Crippen LogP contribution in [0.3, 0.4) is 0 Å².